The van der Waals surface area contributed by atoms with Gasteiger partial charge in [0, 0.05) is 31.1 Å². The number of aliphatic carboxylic acids is 1. The Morgan fingerprint density at radius 3 is 2.86 bits per heavy atom. The van der Waals surface area contributed by atoms with Gasteiger partial charge in [-0.2, -0.15) is 5.10 Å². The molecule has 1 aromatic carbocycles. The predicted octanol–water partition coefficient (Wildman–Crippen LogP) is -0.498. The monoisotopic (exact) mass is 322 g/mol. The first kappa shape index (κ1) is 15.8. The van der Waals surface area contributed by atoms with Crippen LogP contribution in [-0.4, -0.2) is 50.7 Å². The molecule has 2 rings (SSSR count). The Bertz CT molecular complexity index is 674. The Morgan fingerprint density at radius 2 is 2.23 bits per heavy atom. The van der Waals surface area contributed by atoms with Crippen molar-refractivity contribution in [3.8, 4) is 11.5 Å². The van der Waals surface area contributed by atoms with Crippen LogP contribution in [-0.2, 0) is 9.59 Å². The topological polar surface area (TPSA) is 126 Å². The van der Waals surface area contributed by atoms with E-state index in [2.05, 4.69) is 10.2 Å². The van der Waals surface area contributed by atoms with Crippen molar-refractivity contribution in [3.63, 3.8) is 0 Å². The van der Waals surface area contributed by atoms with E-state index in [4.69, 9.17) is 5.11 Å². The van der Waals surface area contributed by atoms with Crippen LogP contribution in [0.4, 0.5) is 0 Å². The highest BCUT2D eigenvalue weighted by atomic mass is 32.2. The number of hydrogen-bond donors (Lipinski definition) is 2. The number of thioether (sulfide) groups is 1. The molecule has 116 valence electrons. The maximum atomic E-state index is 11.8. The lowest BCUT2D eigenvalue weighted by molar-refractivity contribution is -0.305. The van der Waals surface area contributed by atoms with Gasteiger partial charge in [-0.1, -0.05) is 11.8 Å². The van der Waals surface area contributed by atoms with Crippen LogP contribution in [0.5, 0.6) is 11.5 Å². The standard InChI is InChI=1S/C13H13N3O5S/c1-16-12(21)10(5-11(19)20)22-13(16)15-14-6-7-2-3-8(17)4-9(7)18/h2-4,6,10,17-18H,5H2,1H3,(H,19,20)/p-1/b14-6+,15-13+/t10-/m1/s1. The third-order valence-corrected chi connectivity index (χ3v) is 4.07. The second-order valence-electron chi connectivity index (χ2n) is 4.45. The van der Waals surface area contributed by atoms with Crippen LogP contribution in [0.25, 0.3) is 0 Å². The SMILES string of the molecule is CN1C(=O)[C@@H](CC(=O)[O-])S/C1=N/N=C/c1ccc(O)cc1O. The fraction of sp³-hybridized carbons (Fsp3) is 0.231. The predicted molar refractivity (Wildman–Crippen MR) is 78.6 cm³/mol. The summed E-state index contributed by atoms with van der Waals surface area (Å²) in [5, 5.41) is 36.4. The van der Waals surface area contributed by atoms with E-state index in [1.54, 1.807) is 0 Å². The van der Waals surface area contributed by atoms with Gasteiger partial charge >= 0.3 is 0 Å². The molecule has 1 aromatic rings. The second-order valence-corrected chi connectivity index (χ2v) is 5.62. The van der Waals surface area contributed by atoms with Crippen LogP contribution >= 0.6 is 11.8 Å². The summed E-state index contributed by atoms with van der Waals surface area (Å²) in [6, 6.07) is 3.98. The maximum absolute atomic E-state index is 11.8. The number of carbonyl (C=O) groups is 2. The second kappa shape index (κ2) is 6.48. The van der Waals surface area contributed by atoms with Gasteiger partial charge in [0.15, 0.2) is 5.17 Å². The quantitative estimate of drug-likeness (QED) is 0.568. The third kappa shape index (κ3) is 3.55. The number of aromatic hydroxyl groups is 2. The Labute approximate surface area is 129 Å². The molecule has 1 aliphatic rings. The van der Waals surface area contributed by atoms with Crippen LogP contribution in [0.3, 0.4) is 0 Å². The van der Waals surface area contributed by atoms with Gasteiger partial charge in [-0.05, 0) is 12.1 Å². The summed E-state index contributed by atoms with van der Waals surface area (Å²) in [5.41, 5.74) is 0.338. The molecule has 2 N–H and O–H groups in total. The fourth-order valence-electron chi connectivity index (χ4n) is 1.72. The Kier molecular flexibility index (Phi) is 4.66. The van der Waals surface area contributed by atoms with E-state index >= 15 is 0 Å². The summed E-state index contributed by atoms with van der Waals surface area (Å²) in [5.74, 6) is -1.93. The van der Waals surface area contributed by atoms with Gasteiger partial charge in [-0.15, -0.1) is 5.10 Å². The molecule has 22 heavy (non-hydrogen) atoms. The summed E-state index contributed by atoms with van der Waals surface area (Å²) in [4.78, 5) is 23.6. The highest BCUT2D eigenvalue weighted by Gasteiger charge is 2.35. The van der Waals surface area contributed by atoms with Gasteiger partial charge < -0.3 is 20.1 Å². The number of carbonyl (C=O) groups excluding carboxylic acids is 2. The molecule has 8 nitrogen and oxygen atoms in total. The fourth-order valence-corrected chi connectivity index (χ4v) is 2.79. The molecular weight excluding hydrogens is 310 g/mol. The lowest BCUT2D eigenvalue weighted by Gasteiger charge is -2.08. The molecule has 0 spiro atoms. The molecule has 9 heteroatoms. The van der Waals surface area contributed by atoms with Crippen molar-refractivity contribution in [1.29, 1.82) is 0 Å². The number of carboxylic acids is 1. The van der Waals surface area contributed by atoms with Gasteiger partial charge in [0.25, 0.3) is 0 Å². The molecule has 0 bridgehead atoms. The molecule has 1 saturated heterocycles. The molecular formula is C13H12N3O5S-. The highest BCUT2D eigenvalue weighted by molar-refractivity contribution is 8.15. The van der Waals surface area contributed by atoms with Crippen molar-refractivity contribution in [1.82, 2.24) is 4.90 Å². The van der Waals surface area contributed by atoms with Crippen molar-refractivity contribution in [3.05, 3.63) is 23.8 Å². The zero-order chi connectivity index (χ0) is 16.3. The summed E-state index contributed by atoms with van der Waals surface area (Å²) in [6.07, 6.45) is 0.863. The zero-order valence-corrected chi connectivity index (χ0v) is 12.3. The molecule has 1 heterocycles. The summed E-state index contributed by atoms with van der Waals surface area (Å²) < 4.78 is 0. The lowest BCUT2D eigenvalue weighted by atomic mass is 10.2. The molecule has 1 amide bonds. The van der Waals surface area contributed by atoms with Gasteiger partial charge in [0.1, 0.15) is 11.5 Å². The third-order valence-electron chi connectivity index (χ3n) is 2.85. The molecule has 1 aliphatic heterocycles. The minimum Gasteiger partial charge on any atom is -0.550 e. The Balaban J connectivity index is 2.11. The minimum atomic E-state index is -1.31. The minimum absolute atomic E-state index is 0.0808. The number of nitrogens with zero attached hydrogens (tertiary/aromatic N) is 3. The van der Waals surface area contributed by atoms with E-state index in [-0.39, 0.29) is 22.6 Å². The average Bonchev–Trinajstić information content (AvgIpc) is 2.69. The molecule has 0 unspecified atom stereocenters. The van der Waals surface area contributed by atoms with Crippen molar-refractivity contribution >= 4 is 35.0 Å². The number of rotatable bonds is 4. The van der Waals surface area contributed by atoms with Gasteiger partial charge in [-0.25, -0.2) is 0 Å². The molecule has 0 saturated carbocycles. The lowest BCUT2D eigenvalue weighted by Crippen LogP contribution is -2.32. The van der Waals surface area contributed by atoms with Gasteiger partial charge in [-0.3, -0.25) is 9.69 Å². The molecule has 1 fully saturated rings. The van der Waals surface area contributed by atoms with E-state index in [0.29, 0.717) is 5.56 Å². The summed E-state index contributed by atoms with van der Waals surface area (Å²) in [6.45, 7) is 0. The van der Waals surface area contributed by atoms with Crippen molar-refractivity contribution in [2.75, 3.05) is 7.05 Å². The largest absolute Gasteiger partial charge is 0.550 e. The number of phenolic OH excluding ortho intramolecular Hbond substituents is 2. The molecule has 0 radical (unpaired) electrons. The van der Waals surface area contributed by atoms with Crippen LogP contribution in [0.1, 0.15) is 12.0 Å². The van der Waals surface area contributed by atoms with E-state index in [1.165, 1.54) is 30.3 Å². The average molecular weight is 322 g/mol. The number of phenols is 2. The van der Waals surface area contributed by atoms with Crippen molar-refractivity contribution < 1.29 is 24.9 Å². The van der Waals surface area contributed by atoms with Gasteiger partial charge in [0.05, 0.1) is 11.5 Å². The van der Waals surface area contributed by atoms with Gasteiger partial charge in [0.2, 0.25) is 5.91 Å². The normalized spacial score (nSPS) is 20.2. The number of carboxylic acid groups (broad SMARTS) is 1. The van der Waals surface area contributed by atoms with Crippen LogP contribution in [0.2, 0.25) is 0 Å². The van der Waals surface area contributed by atoms with Crippen molar-refractivity contribution in [2.24, 2.45) is 10.2 Å². The summed E-state index contributed by atoms with van der Waals surface area (Å²) >= 11 is 0.986. The van der Waals surface area contributed by atoms with Crippen LogP contribution < -0.4 is 5.11 Å². The number of benzene rings is 1. The van der Waals surface area contributed by atoms with E-state index in [0.717, 1.165) is 17.8 Å². The first-order valence-electron chi connectivity index (χ1n) is 6.15. The van der Waals surface area contributed by atoms with Crippen molar-refractivity contribution in [2.45, 2.75) is 11.7 Å². The highest BCUT2D eigenvalue weighted by Crippen LogP contribution is 2.28. The molecule has 1 atom stereocenters. The first-order valence-corrected chi connectivity index (χ1v) is 7.03. The van der Waals surface area contributed by atoms with Crippen LogP contribution in [0, 0.1) is 0 Å². The Hall–Kier alpha value is -2.55. The maximum Gasteiger partial charge on any atom is 0.242 e. The van der Waals surface area contributed by atoms with E-state index in [9.17, 15) is 19.8 Å². The first-order chi connectivity index (χ1) is 10.4. The number of hydrogen-bond acceptors (Lipinski definition) is 8. The van der Waals surface area contributed by atoms with E-state index in [1.807, 2.05) is 0 Å². The zero-order valence-electron chi connectivity index (χ0n) is 11.5. The molecule has 0 aromatic heterocycles. The number of amides is 1. The number of amidine groups is 1. The summed E-state index contributed by atoms with van der Waals surface area (Å²) in [7, 11) is 1.47. The smallest absolute Gasteiger partial charge is 0.242 e. The van der Waals surface area contributed by atoms with Crippen LogP contribution in [0.15, 0.2) is 28.4 Å². The Morgan fingerprint density at radius 1 is 1.50 bits per heavy atom. The van der Waals surface area contributed by atoms with E-state index < -0.39 is 17.6 Å². The molecule has 0 aliphatic carbocycles.